The van der Waals surface area contributed by atoms with Crippen molar-refractivity contribution < 1.29 is 33.6 Å². The van der Waals surface area contributed by atoms with Crippen molar-refractivity contribution in [2.24, 2.45) is 0 Å². The third-order valence-electron chi connectivity index (χ3n) is 6.80. The third-order valence-corrected chi connectivity index (χ3v) is 7.82. The lowest BCUT2D eigenvalue weighted by atomic mass is 9.95. The van der Waals surface area contributed by atoms with Gasteiger partial charge in [0.2, 0.25) is 0 Å². The van der Waals surface area contributed by atoms with E-state index in [1.165, 1.54) is 23.3 Å². The van der Waals surface area contributed by atoms with Crippen LogP contribution in [-0.4, -0.2) is 48.7 Å². The first-order chi connectivity index (χ1) is 19.4. The molecule has 204 valence electrons. The molecular formula is C30H26N2O7S. The van der Waals surface area contributed by atoms with Crippen LogP contribution in [0, 0.1) is 6.92 Å². The van der Waals surface area contributed by atoms with E-state index in [1.807, 2.05) is 32.0 Å². The summed E-state index contributed by atoms with van der Waals surface area (Å²) < 4.78 is 23.4. The highest BCUT2D eigenvalue weighted by Crippen LogP contribution is 2.46. The van der Waals surface area contributed by atoms with Crippen molar-refractivity contribution in [1.82, 2.24) is 4.98 Å². The number of ether oxygens (including phenoxy) is 4. The van der Waals surface area contributed by atoms with Gasteiger partial charge in [-0.3, -0.25) is 14.5 Å². The van der Waals surface area contributed by atoms with Gasteiger partial charge in [-0.15, -0.1) is 0 Å². The number of aryl methyl sites for hydroxylation is 1. The van der Waals surface area contributed by atoms with Crippen molar-refractivity contribution in [2.75, 3.05) is 31.8 Å². The molecule has 0 aliphatic carbocycles. The second kappa shape index (κ2) is 10.2. The minimum atomic E-state index is -0.973. The Balaban J connectivity index is 1.55. The van der Waals surface area contributed by atoms with Crippen molar-refractivity contribution in [3.05, 3.63) is 76.9 Å². The highest BCUT2D eigenvalue weighted by Gasteiger charge is 2.48. The molecule has 40 heavy (non-hydrogen) atoms. The number of aliphatic hydroxyl groups is 1. The molecule has 2 aliphatic heterocycles. The van der Waals surface area contributed by atoms with Crippen LogP contribution in [0.3, 0.4) is 0 Å². The Morgan fingerprint density at radius 2 is 1.85 bits per heavy atom. The number of carbonyl (C=O) groups is 2. The van der Waals surface area contributed by atoms with Crippen molar-refractivity contribution in [3.8, 4) is 23.0 Å². The number of aromatic nitrogens is 1. The van der Waals surface area contributed by atoms with Gasteiger partial charge in [-0.1, -0.05) is 23.5 Å². The molecule has 1 aromatic heterocycles. The minimum Gasteiger partial charge on any atom is -0.507 e. The van der Waals surface area contributed by atoms with Crippen LogP contribution in [0.4, 0.5) is 5.13 Å². The molecular weight excluding hydrogens is 532 g/mol. The van der Waals surface area contributed by atoms with E-state index in [0.29, 0.717) is 64.6 Å². The molecule has 6 rings (SSSR count). The summed E-state index contributed by atoms with van der Waals surface area (Å²) in [5, 5.41) is 11.9. The van der Waals surface area contributed by atoms with Gasteiger partial charge in [0.25, 0.3) is 5.78 Å². The summed E-state index contributed by atoms with van der Waals surface area (Å²) in [4.78, 5) is 33.3. The topological polar surface area (TPSA) is 107 Å². The van der Waals surface area contributed by atoms with Crippen LogP contribution in [-0.2, 0) is 9.59 Å². The van der Waals surface area contributed by atoms with E-state index in [2.05, 4.69) is 4.98 Å². The minimum absolute atomic E-state index is 0.0664. The summed E-state index contributed by atoms with van der Waals surface area (Å²) in [5.74, 6) is 0.0180. The van der Waals surface area contributed by atoms with Crippen molar-refractivity contribution in [2.45, 2.75) is 19.9 Å². The van der Waals surface area contributed by atoms with E-state index in [-0.39, 0.29) is 11.3 Å². The standard InChI is InChI=1S/C30H26N2O7S/c1-4-37-20-9-6-17(14-22(20)36-3)26-25(27(33)18-7-10-21-23(15-18)39-12-11-38-21)28(34)29(35)32(26)30-31-19-8-5-16(2)13-24(19)40-30/h5-10,13-15,26,33H,4,11-12H2,1-3H3/t26-/m0/s1. The summed E-state index contributed by atoms with van der Waals surface area (Å²) in [7, 11) is 1.52. The van der Waals surface area contributed by atoms with E-state index < -0.39 is 17.7 Å². The molecule has 1 amide bonds. The monoisotopic (exact) mass is 558 g/mol. The van der Waals surface area contributed by atoms with Crippen LogP contribution < -0.4 is 23.8 Å². The average molecular weight is 559 g/mol. The number of thiazole rings is 1. The number of fused-ring (bicyclic) bond motifs is 2. The van der Waals surface area contributed by atoms with E-state index in [9.17, 15) is 14.7 Å². The fraction of sp³-hybridized carbons (Fsp3) is 0.233. The predicted octanol–water partition coefficient (Wildman–Crippen LogP) is 5.41. The lowest BCUT2D eigenvalue weighted by Crippen LogP contribution is -2.29. The Hall–Kier alpha value is -4.57. The zero-order valence-corrected chi connectivity index (χ0v) is 22.9. The number of nitrogens with zero attached hydrogens (tertiary/aromatic N) is 2. The largest absolute Gasteiger partial charge is 0.507 e. The Bertz CT molecular complexity index is 1690. The molecule has 0 bridgehead atoms. The van der Waals surface area contributed by atoms with E-state index in [0.717, 1.165) is 10.3 Å². The molecule has 1 fully saturated rings. The molecule has 0 saturated carbocycles. The zero-order chi connectivity index (χ0) is 28.0. The first-order valence-corrected chi connectivity index (χ1v) is 13.6. The maximum absolute atomic E-state index is 13.6. The van der Waals surface area contributed by atoms with E-state index >= 15 is 0 Å². The number of Topliss-reactive ketones (excluding diaryl/α,β-unsaturated/α-hetero) is 1. The van der Waals surface area contributed by atoms with E-state index in [1.54, 1.807) is 36.4 Å². The Kier molecular flexibility index (Phi) is 6.55. The number of aliphatic hydroxyl groups excluding tert-OH is 1. The second-order valence-corrected chi connectivity index (χ2v) is 10.3. The smallest absolute Gasteiger partial charge is 0.301 e. The van der Waals surface area contributed by atoms with Gasteiger partial charge in [-0.05, 0) is 67.4 Å². The van der Waals surface area contributed by atoms with Crippen LogP contribution in [0.25, 0.3) is 16.0 Å². The van der Waals surface area contributed by atoms with Crippen LogP contribution >= 0.6 is 11.3 Å². The van der Waals surface area contributed by atoms with Crippen molar-refractivity contribution >= 4 is 44.1 Å². The van der Waals surface area contributed by atoms with Gasteiger partial charge in [0.1, 0.15) is 19.0 Å². The first-order valence-electron chi connectivity index (χ1n) is 12.8. The SMILES string of the molecule is CCOc1ccc([C@H]2C(=C(O)c3ccc4c(c3)OCCO4)C(=O)C(=O)N2c2nc3ccc(C)cc3s2)cc1OC. The molecule has 1 saturated heterocycles. The van der Waals surface area contributed by atoms with Gasteiger partial charge in [0.15, 0.2) is 28.1 Å². The van der Waals surface area contributed by atoms with Gasteiger partial charge in [-0.25, -0.2) is 4.98 Å². The number of hydrogen-bond donors (Lipinski definition) is 1. The molecule has 4 aromatic rings. The van der Waals surface area contributed by atoms with Crippen LogP contribution in [0.5, 0.6) is 23.0 Å². The van der Waals surface area contributed by atoms with Gasteiger partial charge in [-0.2, -0.15) is 0 Å². The zero-order valence-electron chi connectivity index (χ0n) is 22.1. The highest BCUT2D eigenvalue weighted by atomic mass is 32.1. The van der Waals surface area contributed by atoms with E-state index in [4.69, 9.17) is 18.9 Å². The van der Waals surface area contributed by atoms with Crippen molar-refractivity contribution in [3.63, 3.8) is 0 Å². The lowest BCUT2D eigenvalue weighted by molar-refractivity contribution is -0.132. The van der Waals surface area contributed by atoms with Crippen LogP contribution in [0.2, 0.25) is 0 Å². The fourth-order valence-corrected chi connectivity index (χ4v) is 6.03. The molecule has 1 atom stereocenters. The Morgan fingerprint density at radius 1 is 1.05 bits per heavy atom. The molecule has 1 N–H and O–H groups in total. The number of rotatable bonds is 6. The molecule has 3 aromatic carbocycles. The molecule has 0 spiro atoms. The van der Waals surface area contributed by atoms with Gasteiger partial charge in [0.05, 0.1) is 35.5 Å². The number of ketones is 1. The normalized spacial score (nSPS) is 17.9. The molecule has 9 nitrogen and oxygen atoms in total. The number of amides is 1. The molecule has 0 radical (unpaired) electrons. The van der Waals surface area contributed by atoms with Crippen molar-refractivity contribution in [1.29, 1.82) is 0 Å². The number of benzene rings is 3. The Labute approximate surface area is 234 Å². The van der Waals surface area contributed by atoms with Gasteiger partial charge < -0.3 is 24.1 Å². The van der Waals surface area contributed by atoms with Crippen LogP contribution in [0.1, 0.15) is 29.7 Å². The summed E-state index contributed by atoms with van der Waals surface area (Å²) in [5.41, 5.74) is 2.57. The number of methoxy groups -OCH3 is 1. The number of hydrogen-bond acceptors (Lipinski definition) is 9. The average Bonchev–Trinajstić information content (AvgIpc) is 3.50. The fourth-order valence-electron chi connectivity index (χ4n) is 4.94. The second-order valence-electron chi connectivity index (χ2n) is 9.34. The summed E-state index contributed by atoms with van der Waals surface area (Å²) >= 11 is 1.31. The molecule has 10 heteroatoms. The first kappa shape index (κ1) is 25.7. The van der Waals surface area contributed by atoms with Gasteiger partial charge in [0, 0.05) is 5.56 Å². The van der Waals surface area contributed by atoms with Gasteiger partial charge >= 0.3 is 5.91 Å². The highest BCUT2D eigenvalue weighted by molar-refractivity contribution is 7.22. The molecule has 2 aliphatic rings. The summed E-state index contributed by atoms with van der Waals surface area (Å²) in [6, 6.07) is 14.9. The number of anilines is 1. The summed E-state index contributed by atoms with van der Waals surface area (Å²) in [6.07, 6.45) is 0. The lowest BCUT2D eigenvalue weighted by Gasteiger charge is -2.24. The maximum atomic E-state index is 13.6. The predicted molar refractivity (Wildman–Crippen MR) is 151 cm³/mol. The quantitative estimate of drug-likeness (QED) is 0.190. The summed E-state index contributed by atoms with van der Waals surface area (Å²) in [6.45, 7) is 5.06. The maximum Gasteiger partial charge on any atom is 0.301 e. The van der Waals surface area contributed by atoms with Crippen LogP contribution in [0.15, 0.2) is 60.2 Å². The molecule has 3 heterocycles. The molecule has 0 unspecified atom stereocenters. The number of carbonyl (C=O) groups excluding carboxylic acids is 2. The Morgan fingerprint density at radius 3 is 2.62 bits per heavy atom. The third kappa shape index (κ3) is 4.30.